The highest BCUT2D eigenvalue weighted by Gasteiger charge is 2.21. The molecule has 0 aliphatic heterocycles. The lowest BCUT2D eigenvalue weighted by atomic mass is 9.94. The minimum absolute atomic E-state index is 0.0283. The van der Waals surface area contributed by atoms with Crippen molar-refractivity contribution in [1.29, 1.82) is 0 Å². The number of aliphatic hydroxyl groups is 1. The van der Waals surface area contributed by atoms with Crippen molar-refractivity contribution >= 4 is 21.5 Å². The second-order valence-corrected chi connectivity index (χ2v) is 28.8. The van der Waals surface area contributed by atoms with E-state index in [2.05, 4.69) is 152 Å². The maximum Gasteiger partial charge on any atom is 0.164 e. The second kappa shape index (κ2) is 33.7. The highest BCUT2D eigenvalue weighted by molar-refractivity contribution is 6.01. The Kier molecular flexibility index (Phi) is 20.8. The lowest BCUT2D eigenvalue weighted by Gasteiger charge is -2.12. The van der Waals surface area contributed by atoms with Crippen molar-refractivity contribution in [2.75, 3.05) is 7.11 Å². The van der Waals surface area contributed by atoms with Crippen LogP contribution >= 0.6 is 0 Å². The van der Waals surface area contributed by atoms with E-state index in [0.29, 0.717) is 69.9 Å². The molecule has 20 rings (SSSR count). The molecule has 16 aromatic carbocycles. The molecule has 1 N–H and O–H groups in total. The van der Waals surface area contributed by atoms with Gasteiger partial charge in [-0.05, 0) is 132 Å². The monoisotopic (exact) mass is 1540 g/mol. The summed E-state index contributed by atoms with van der Waals surface area (Å²) in [6, 6.07) is 135. The van der Waals surface area contributed by atoms with E-state index < -0.39 is 0 Å². The molecule has 0 aliphatic carbocycles. The number of nitrogens with zero attached hydrogens (tertiary/aromatic N) is 12. The Bertz CT molecular complexity index is 6980. The quantitative estimate of drug-likeness (QED) is 0.0856. The van der Waals surface area contributed by atoms with Gasteiger partial charge in [0, 0.05) is 66.8 Å². The van der Waals surface area contributed by atoms with Gasteiger partial charge in [-0.15, -0.1) is 0 Å². The SMILES string of the molecule is COc1ccc(-c2nc(-c3ccccc3)nc(-c3cccc(-c4cccc5cc(-c6cccc(-c7nc(-c8ccccc8)nc(-c8ccc(CO)cc8)n7)c6)ccc45)c3)n2)cc1.c1ccc(-c2nc(-c3ccccc3)nc(-c3cccc(-c4ccc5c(-c6cccc(-c7nc(-c8ccccc8)nc(-c8ccccc8)n7)c6)cccc5c4)c3)n2)cc1. The molecule has 0 fully saturated rings. The number of methoxy groups -OCH3 is 1. The molecule has 20 aromatic rings. The molecule has 0 saturated heterocycles. The third-order valence-electron chi connectivity index (χ3n) is 21.0. The molecule has 0 radical (unpaired) electrons. The summed E-state index contributed by atoms with van der Waals surface area (Å²) in [6.07, 6.45) is 0. The number of rotatable bonds is 18. The Labute approximate surface area is 693 Å². The summed E-state index contributed by atoms with van der Waals surface area (Å²) in [5.41, 5.74) is 20.4. The van der Waals surface area contributed by atoms with Crippen LogP contribution in [-0.4, -0.2) is 72.0 Å². The van der Waals surface area contributed by atoms with Crippen LogP contribution < -0.4 is 4.74 Å². The van der Waals surface area contributed by atoms with E-state index >= 15 is 0 Å². The van der Waals surface area contributed by atoms with Crippen LogP contribution in [0.1, 0.15) is 5.56 Å². The third kappa shape index (κ3) is 16.1. The summed E-state index contributed by atoms with van der Waals surface area (Å²) in [5.74, 6) is 8.10. The molecule has 120 heavy (non-hydrogen) atoms. The molecular formula is C106H72N12O2. The molecule has 4 heterocycles. The molecule has 0 atom stereocenters. The van der Waals surface area contributed by atoms with Crippen LogP contribution in [0.4, 0.5) is 0 Å². The highest BCUT2D eigenvalue weighted by atomic mass is 16.5. The fourth-order valence-electron chi connectivity index (χ4n) is 14.8. The molecule has 0 unspecified atom stereocenters. The second-order valence-electron chi connectivity index (χ2n) is 28.8. The van der Waals surface area contributed by atoms with Crippen LogP contribution in [0.25, 0.3) is 203 Å². The van der Waals surface area contributed by atoms with Gasteiger partial charge >= 0.3 is 0 Å². The third-order valence-corrected chi connectivity index (χ3v) is 21.0. The summed E-state index contributed by atoms with van der Waals surface area (Å²) in [6.45, 7) is -0.0283. The smallest absolute Gasteiger partial charge is 0.164 e. The van der Waals surface area contributed by atoms with Gasteiger partial charge in [0.15, 0.2) is 69.9 Å². The molecule has 0 spiro atoms. The summed E-state index contributed by atoms with van der Waals surface area (Å²) in [5, 5.41) is 14.2. The van der Waals surface area contributed by atoms with E-state index in [0.717, 1.165) is 144 Å². The van der Waals surface area contributed by atoms with Gasteiger partial charge in [0.2, 0.25) is 0 Å². The van der Waals surface area contributed by atoms with Crippen molar-refractivity contribution < 1.29 is 9.84 Å². The average molecular weight is 1550 g/mol. The Hall–Kier alpha value is -16.2. The summed E-state index contributed by atoms with van der Waals surface area (Å²) in [4.78, 5) is 59.3. The lowest BCUT2D eigenvalue weighted by Crippen LogP contribution is -2.00. The predicted molar refractivity (Wildman–Crippen MR) is 481 cm³/mol. The van der Waals surface area contributed by atoms with Gasteiger partial charge in [0.25, 0.3) is 0 Å². The van der Waals surface area contributed by atoms with Crippen LogP contribution in [-0.2, 0) is 6.61 Å². The van der Waals surface area contributed by atoms with Crippen molar-refractivity contribution in [2.24, 2.45) is 0 Å². The molecule has 4 aromatic heterocycles. The average Bonchev–Trinajstić information content (AvgIpc) is 0.784. The predicted octanol–water partition coefficient (Wildman–Crippen LogP) is 24.6. The Morgan fingerprint density at radius 1 is 0.183 bits per heavy atom. The van der Waals surface area contributed by atoms with Gasteiger partial charge in [0.1, 0.15) is 5.75 Å². The standard InChI is InChI=1S/C54H38N6O2.C52H34N6/c1-62-46-28-25-39(26-29-46)52-56-50(37-13-6-3-7-14-37)58-54(60-52)45-19-9-16-43(33-45)47-20-10-17-42-31-41(27-30-48(42)47)40-15-8-18-44(32-40)53-57-49(36-11-4-2-5-12-36)55-51(59-53)38-23-21-35(34-61)22-24-38;1-5-16-35(17-6-1)47-53-48(36-18-7-2-8-19-36)56-51(55-47)43-27-13-24-39(33-43)40-30-31-46-41(32-40)26-15-29-45(46)42-25-14-28-44(34-42)52-57-49(37-20-9-3-10-21-37)54-50(58-52)38-22-11-4-12-23-38/h2-33,61H,34H2,1H3;1-34H. The molecule has 14 heteroatoms. The van der Waals surface area contributed by atoms with Crippen LogP contribution in [0.5, 0.6) is 5.75 Å². The molecule has 14 nitrogen and oxygen atoms in total. The first-order valence-corrected chi connectivity index (χ1v) is 39.5. The van der Waals surface area contributed by atoms with E-state index in [-0.39, 0.29) is 6.61 Å². The summed E-state index contributed by atoms with van der Waals surface area (Å²) >= 11 is 0. The first-order chi connectivity index (χ1) is 59.3. The van der Waals surface area contributed by atoms with E-state index in [1.54, 1.807) is 7.11 Å². The minimum Gasteiger partial charge on any atom is -0.497 e. The van der Waals surface area contributed by atoms with E-state index in [9.17, 15) is 5.11 Å². The molecule has 0 amide bonds. The number of benzene rings is 16. The minimum atomic E-state index is -0.0283. The highest BCUT2D eigenvalue weighted by Crippen LogP contribution is 2.40. The van der Waals surface area contributed by atoms with Crippen LogP contribution in [0, 0.1) is 0 Å². The van der Waals surface area contributed by atoms with E-state index in [1.807, 2.05) is 249 Å². The summed E-state index contributed by atoms with van der Waals surface area (Å²) < 4.78 is 5.40. The summed E-state index contributed by atoms with van der Waals surface area (Å²) in [7, 11) is 1.66. The van der Waals surface area contributed by atoms with Gasteiger partial charge in [-0.2, -0.15) is 0 Å². The van der Waals surface area contributed by atoms with Crippen molar-refractivity contribution in [3.05, 3.63) is 406 Å². The largest absolute Gasteiger partial charge is 0.497 e. The maximum atomic E-state index is 9.62. The van der Waals surface area contributed by atoms with Crippen molar-refractivity contribution in [3.8, 4) is 187 Å². The number of hydrogen-bond acceptors (Lipinski definition) is 14. The number of hydrogen-bond donors (Lipinski definition) is 1. The molecule has 0 bridgehead atoms. The fourth-order valence-corrected chi connectivity index (χ4v) is 14.8. The number of aromatic nitrogens is 12. The molecule has 0 aliphatic rings. The van der Waals surface area contributed by atoms with Gasteiger partial charge in [-0.3, -0.25) is 0 Å². The van der Waals surface area contributed by atoms with E-state index in [4.69, 9.17) is 64.5 Å². The van der Waals surface area contributed by atoms with Crippen molar-refractivity contribution in [3.63, 3.8) is 0 Å². The van der Waals surface area contributed by atoms with Gasteiger partial charge in [0.05, 0.1) is 13.7 Å². The Morgan fingerprint density at radius 3 is 0.667 bits per heavy atom. The van der Waals surface area contributed by atoms with Crippen molar-refractivity contribution in [2.45, 2.75) is 6.61 Å². The first kappa shape index (κ1) is 74.0. The molecule has 0 saturated carbocycles. The van der Waals surface area contributed by atoms with Crippen LogP contribution in [0.2, 0.25) is 0 Å². The van der Waals surface area contributed by atoms with Crippen LogP contribution in [0.3, 0.4) is 0 Å². The van der Waals surface area contributed by atoms with Gasteiger partial charge in [-0.1, -0.05) is 340 Å². The topological polar surface area (TPSA) is 184 Å². The van der Waals surface area contributed by atoms with Gasteiger partial charge in [-0.25, -0.2) is 59.8 Å². The van der Waals surface area contributed by atoms with E-state index in [1.165, 1.54) is 0 Å². The number of aliphatic hydroxyl groups excluding tert-OH is 1. The maximum absolute atomic E-state index is 9.62. The Balaban J connectivity index is 0.000000159. The zero-order valence-corrected chi connectivity index (χ0v) is 65.0. The molecular weight excluding hydrogens is 1470 g/mol. The molecule has 568 valence electrons. The zero-order chi connectivity index (χ0) is 80.5. The van der Waals surface area contributed by atoms with Gasteiger partial charge < -0.3 is 9.84 Å². The number of fused-ring (bicyclic) bond motifs is 2. The number of ether oxygens (including phenoxy) is 1. The Morgan fingerprint density at radius 2 is 0.392 bits per heavy atom. The fraction of sp³-hybridized carbons (Fsp3) is 0.0189. The normalized spacial score (nSPS) is 11.1. The lowest BCUT2D eigenvalue weighted by molar-refractivity contribution is 0.282. The van der Waals surface area contributed by atoms with Crippen molar-refractivity contribution in [1.82, 2.24) is 59.8 Å². The van der Waals surface area contributed by atoms with Crippen LogP contribution in [0.15, 0.2) is 400 Å². The zero-order valence-electron chi connectivity index (χ0n) is 65.0. The first-order valence-electron chi connectivity index (χ1n) is 39.5.